The number of aromatic nitrogens is 1. The lowest BCUT2D eigenvalue weighted by Crippen LogP contribution is -2.47. The van der Waals surface area contributed by atoms with Gasteiger partial charge in [0.25, 0.3) is 0 Å². The summed E-state index contributed by atoms with van der Waals surface area (Å²) in [6, 6.07) is 11.3. The van der Waals surface area contributed by atoms with Gasteiger partial charge in [-0.1, -0.05) is 18.2 Å². The number of pyridine rings is 1. The number of hydrogen-bond donors (Lipinski definition) is 0. The molecular weight excluding hydrogens is 282 g/mol. The van der Waals surface area contributed by atoms with E-state index in [2.05, 4.69) is 28.0 Å². The molecule has 0 bridgehead atoms. The van der Waals surface area contributed by atoms with Crippen LogP contribution in [-0.2, 0) is 5.88 Å². The van der Waals surface area contributed by atoms with Gasteiger partial charge in [0.15, 0.2) is 0 Å². The molecule has 2 heterocycles. The Kier molecular flexibility index (Phi) is 3.48. The number of halogens is 1. The topological polar surface area (TPSA) is 19.4 Å². The van der Waals surface area contributed by atoms with E-state index in [1.165, 1.54) is 23.8 Å². The Morgan fingerprint density at radius 2 is 1.86 bits per heavy atom. The summed E-state index contributed by atoms with van der Waals surface area (Å²) < 4.78 is 0. The van der Waals surface area contributed by atoms with Gasteiger partial charge in [-0.25, -0.2) is 4.98 Å². The zero-order valence-electron chi connectivity index (χ0n) is 12.1. The Morgan fingerprint density at radius 3 is 2.57 bits per heavy atom. The van der Waals surface area contributed by atoms with E-state index in [1.54, 1.807) is 0 Å². The number of hydrogen-bond acceptors (Lipinski definition) is 3. The van der Waals surface area contributed by atoms with Crippen molar-refractivity contribution in [2.24, 2.45) is 0 Å². The highest BCUT2D eigenvalue weighted by Crippen LogP contribution is 2.29. The van der Waals surface area contributed by atoms with Crippen molar-refractivity contribution in [2.75, 3.05) is 31.1 Å². The lowest BCUT2D eigenvalue weighted by atomic mass is 10.1. The smallest absolute Gasteiger partial charge is 0.129 e. The summed E-state index contributed by atoms with van der Waals surface area (Å²) in [7, 11) is 0. The fourth-order valence-corrected chi connectivity index (χ4v) is 3.48. The van der Waals surface area contributed by atoms with Gasteiger partial charge in [-0.05, 0) is 30.5 Å². The van der Waals surface area contributed by atoms with Gasteiger partial charge < -0.3 is 4.90 Å². The predicted octanol–water partition coefficient (Wildman–Crippen LogP) is 3.26. The number of nitrogens with zero attached hydrogens (tertiary/aromatic N) is 3. The van der Waals surface area contributed by atoms with Crippen LogP contribution < -0.4 is 4.90 Å². The number of para-hydroxylation sites is 1. The quantitative estimate of drug-likeness (QED) is 0.811. The van der Waals surface area contributed by atoms with Crippen LogP contribution in [-0.4, -0.2) is 42.1 Å². The van der Waals surface area contributed by atoms with E-state index in [0.29, 0.717) is 5.88 Å². The van der Waals surface area contributed by atoms with Crippen LogP contribution in [0.5, 0.6) is 0 Å². The summed E-state index contributed by atoms with van der Waals surface area (Å²) in [4.78, 5) is 9.87. The summed E-state index contributed by atoms with van der Waals surface area (Å²) >= 11 is 6.14. The van der Waals surface area contributed by atoms with Crippen LogP contribution in [0.1, 0.15) is 18.4 Å². The SMILES string of the molecule is ClCc1cc(N2CCN(C3CC3)CC2)nc2ccccc12. The molecule has 1 aromatic heterocycles. The third-order valence-corrected chi connectivity index (χ3v) is 4.92. The monoisotopic (exact) mass is 301 g/mol. The highest BCUT2D eigenvalue weighted by molar-refractivity contribution is 6.18. The van der Waals surface area contributed by atoms with Crippen molar-refractivity contribution in [1.29, 1.82) is 0 Å². The van der Waals surface area contributed by atoms with Crippen LogP contribution >= 0.6 is 11.6 Å². The minimum Gasteiger partial charge on any atom is -0.354 e. The second-order valence-corrected chi connectivity index (χ2v) is 6.31. The fourth-order valence-electron chi connectivity index (χ4n) is 3.26. The number of rotatable bonds is 3. The number of fused-ring (bicyclic) bond motifs is 1. The minimum absolute atomic E-state index is 0.540. The van der Waals surface area contributed by atoms with E-state index >= 15 is 0 Å². The van der Waals surface area contributed by atoms with E-state index in [0.717, 1.165) is 43.6 Å². The van der Waals surface area contributed by atoms with Gasteiger partial charge in [-0.15, -0.1) is 11.6 Å². The molecule has 110 valence electrons. The zero-order chi connectivity index (χ0) is 14.2. The highest BCUT2D eigenvalue weighted by Gasteiger charge is 2.31. The van der Waals surface area contributed by atoms with Crippen LogP contribution in [0.4, 0.5) is 5.82 Å². The first-order valence-corrected chi connectivity index (χ1v) is 8.32. The molecule has 3 nitrogen and oxygen atoms in total. The standard InChI is InChI=1S/C17H20ClN3/c18-12-13-11-17(19-16-4-2-1-3-15(13)16)21-9-7-20(8-10-21)14-5-6-14/h1-4,11,14H,5-10,12H2. The first-order chi connectivity index (χ1) is 10.3. The Labute approximate surface area is 130 Å². The van der Waals surface area contributed by atoms with Crippen LogP contribution in [0.2, 0.25) is 0 Å². The van der Waals surface area contributed by atoms with E-state index in [9.17, 15) is 0 Å². The summed E-state index contributed by atoms with van der Waals surface area (Å²) in [5.74, 6) is 1.62. The van der Waals surface area contributed by atoms with Gasteiger partial charge >= 0.3 is 0 Å². The van der Waals surface area contributed by atoms with Crippen molar-refractivity contribution < 1.29 is 0 Å². The van der Waals surface area contributed by atoms with Crippen molar-refractivity contribution in [3.05, 3.63) is 35.9 Å². The molecule has 2 aromatic rings. The second kappa shape index (κ2) is 5.47. The van der Waals surface area contributed by atoms with Crippen LogP contribution in [0.15, 0.2) is 30.3 Å². The molecule has 4 heteroatoms. The zero-order valence-corrected chi connectivity index (χ0v) is 12.9. The third kappa shape index (κ3) is 2.60. The molecule has 1 aliphatic carbocycles. The minimum atomic E-state index is 0.540. The summed E-state index contributed by atoms with van der Waals surface area (Å²) in [6.07, 6.45) is 2.79. The Hall–Kier alpha value is -1.32. The van der Waals surface area contributed by atoms with Gasteiger partial charge in [0.05, 0.1) is 5.52 Å². The van der Waals surface area contributed by atoms with Gasteiger partial charge in [0.1, 0.15) is 5.82 Å². The molecule has 2 fully saturated rings. The summed E-state index contributed by atoms with van der Waals surface area (Å²) in [5.41, 5.74) is 2.23. The average Bonchev–Trinajstić information content (AvgIpc) is 3.39. The average molecular weight is 302 g/mol. The lowest BCUT2D eigenvalue weighted by molar-refractivity contribution is 0.247. The maximum atomic E-state index is 6.14. The van der Waals surface area contributed by atoms with E-state index in [4.69, 9.17) is 16.6 Å². The van der Waals surface area contributed by atoms with E-state index in [-0.39, 0.29) is 0 Å². The van der Waals surface area contributed by atoms with Crippen LogP contribution in [0, 0.1) is 0 Å². The molecule has 2 aliphatic rings. The van der Waals surface area contributed by atoms with Crippen LogP contribution in [0.3, 0.4) is 0 Å². The lowest BCUT2D eigenvalue weighted by Gasteiger charge is -2.35. The van der Waals surface area contributed by atoms with Crippen molar-refractivity contribution >= 4 is 28.3 Å². The Bertz CT molecular complexity index is 646. The maximum Gasteiger partial charge on any atom is 0.129 e. The summed E-state index contributed by atoms with van der Waals surface area (Å²) in [6.45, 7) is 4.47. The molecule has 0 amide bonds. The molecule has 0 unspecified atom stereocenters. The molecule has 0 atom stereocenters. The van der Waals surface area contributed by atoms with Gasteiger partial charge in [0.2, 0.25) is 0 Å². The van der Waals surface area contributed by atoms with Gasteiger partial charge in [0, 0.05) is 43.5 Å². The number of anilines is 1. The predicted molar refractivity (Wildman–Crippen MR) is 88.1 cm³/mol. The molecule has 0 N–H and O–H groups in total. The summed E-state index contributed by atoms with van der Waals surface area (Å²) in [5, 5.41) is 1.17. The Morgan fingerprint density at radius 1 is 1.10 bits per heavy atom. The van der Waals surface area contributed by atoms with Gasteiger partial charge in [-0.2, -0.15) is 0 Å². The highest BCUT2D eigenvalue weighted by atomic mass is 35.5. The molecule has 21 heavy (non-hydrogen) atoms. The first kappa shape index (κ1) is 13.4. The molecular formula is C17H20ClN3. The molecule has 1 saturated carbocycles. The van der Waals surface area contributed by atoms with Crippen molar-refractivity contribution in [3.8, 4) is 0 Å². The van der Waals surface area contributed by atoms with Gasteiger partial charge in [-0.3, -0.25) is 4.90 Å². The number of piperazine rings is 1. The first-order valence-electron chi connectivity index (χ1n) is 7.79. The number of alkyl halides is 1. The molecule has 1 aliphatic heterocycles. The van der Waals surface area contributed by atoms with Crippen molar-refractivity contribution in [2.45, 2.75) is 24.8 Å². The number of benzene rings is 1. The molecule has 1 aromatic carbocycles. The van der Waals surface area contributed by atoms with E-state index < -0.39 is 0 Å². The molecule has 4 rings (SSSR count). The maximum absolute atomic E-state index is 6.14. The van der Waals surface area contributed by atoms with E-state index in [1.807, 2.05) is 12.1 Å². The third-order valence-electron chi connectivity index (χ3n) is 4.63. The largest absolute Gasteiger partial charge is 0.354 e. The second-order valence-electron chi connectivity index (χ2n) is 6.04. The molecule has 0 radical (unpaired) electrons. The van der Waals surface area contributed by atoms with Crippen LogP contribution in [0.25, 0.3) is 10.9 Å². The molecule has 1 saturated heterocycles. The Balaban J connectivity index is 1.61. The fraction of sp³-hybridized carbons (Fsp3) is 0.471. The van der Waals surface area contributed by atoms with Crippen molar-refractivity contribution in [3.63, 3.8) is 0 Å². The van der Waals surface area contributed by atoms with Crippen molar-refractivity contribution in [1.82, 2.24) is 9.88 Å². The normalized spacial score (nSPS) is 20.1. The molecule has 0 spiro atoms.